The molecule has 2 N–H and O–H groups in total. The molecule has 0 aliphatic carbocycles. The maximum absolute atomic E-state index is 13.2. The highest BCUT2D eigenvalue weighted by Crippen LogP contribution is 2.30. The van der Waals surface area contributed by atoms with E-state index in [1.54, 1.807) is 17.1 Å². The van der Waals surface area contributed by atoms with Crippen molar-refractivity contribution in [1.29, 1.82) is 0 Å². The number of nitrogens with zero attached hydrogens (tertiary/aromatic N) is 5. The molecule has 158 valence electrons. The third-order valence-electron chi connectivity index (χ3n) is 5.84. The van der Waals surface area contributed by atoms with Crippen molar-refractivity contribution in [2.75, 3.05) is 23.3 Å². The lowest BCUT2D eigenvalue weighted by Crippen LogP contribution is -2.54. The standard InChI is InChI=1S/C23H25N7O/c1-14-12-30(13-15(2)26-14)21-8-7-17(22-16(21)9-10-24-28-22)23(31)27-19-5-4-6-20-18(19)11-25-29(20)3/h4-11,14-15,26H,12-13H2,1-3H3,(H,27,31)/t14-,15+. The van der Waals surface area contributed by atoms with Gasteiger partial charge in [0.2, 0.25) is 0 Å². The maximum atomic E-state index is 13.2. The minimum absolute atomic E-state index is 0.213. The van der Waals surface area contributed by atoms with Crippen LogP contribution in [0.1, 0.15) is 24.2 Å². The Kier molecular flexibility index (Phi) is 4.78. The van der Waals surface area contributed by atoms with Crippen LogP contribution < -0.4 is 15.5 Å². The summed E-state index contributed by atoms with van der Waals surface area (Å²) in [5, 5.41) is 21.1. The molecule has 1 fully saturated rings. The van der Waals surface area contributed by atoms with Gasteiger partial charge in [-0.15, -0.1) is 5.10 Å². The molecule has 0 spiro atoms. The molecule has 1 aliphatic rings. The summed E-state index contributed by atoms with van der Waals surface area (Å²) in [5.41, 5.74) is 3.87. The summed E-state index contributed by atoms with van der Waals surface area (Å²) >= 11 is 0. The van der Waals surface area contributed by atoms with E-state index in [4.69, 9.17) is 0 Å². The molecule has 0 bridgehead atoms. The van der Waals surface area contributed by atoms with Crippen molar-refractivity contribution in [2.24, 2.45) is 7.05 Å². The molecule has 31 heavy (non-hydrogen) atoms. The first-order chi connectivity index (χ1) is 15.0. The first-order valence-corrected chi connectivity index (χ1v) is 10.5. The van der Waals surface area contributed by atoms with Gasteiger partial charge in [-0.05, 0) is 44.2 Å². The van der Waals surface area contributed by atoms with Crippen LogP contribution in [-0.2, 0) is 7.05 Å². The van der Waals surface area contributed by atoms with E-state index in [2.05, 4.69) is 44.7 Å². The Morgan fingerprint density at radius 2 is 1.90 bits per heavy atom. The van der Waals surface area contributed by atoms with E-state index in [1.807, 2.05) is 43.4 Å². The quantitative estimate of drug-likeness (QED) is 0.535. The SMILES string of the molecule is C[C@@H]1CN(c2ccc(C(=O)Nc3cccc4c3cnn4C)c3nnccc23)C[C@H](C)N1. The van der Waals surface area contributed by atoms with Crippen LogP contribution in [-0.4, -0.2) is 51.1 Å². The third kappa shape index (κ3) is 3.48. The Hall–Kier alpha value is -3.52. The van der Waals surface area contributed by atoms with Gasteiger partial charge in [0.25, 0.3) is 5.91 Å². The molecule has 5 rings (SSSR count). The van der Waals surface area contributed by atoms with Gasteiger partial charge in [-0.2, -0.15) is 10.2 Å². The highest BCUT2D eigenvalue weighted by atomic mass is 16.1. The van der Waals surface area contributed by atoms with Crippen molar-refractivity contribution in [3.05, 3.63) is 54.4 Å². The second kappa shape index (κ2) is 7.63. The summed E-state index contributed by atoms with van der Waals surface area (Å²) in [7, 11) is 1.88. The lowest BCUT2D eigenvalue weighted by molar-refractivity contribution is 0.102. The number of carbonyl (C=O) groups is 1. The van der Waals surface area contributed by atoms with Gasteiger partial charge < -0.3 is 15.5 Å². The maximum Gasteiger partial charge on any atom is 0.257 e. The van der Waals surface area contributed by atoms with Gasteiger partial charge in [-0.25, -0.2) is 0 Å². The van der Waals surface area contributed by atoms with Gasteiger partial charge in [0.1, 0.15) is 5.52 Å². The van der Waals surface area contributed by atoms with Gasteiger partial charge in [-0.3, -0.25) is 9.48 Å². The number of hydrogen-bond donors (Lipinski definition) is 2. The minimum atomic E-state index is -0.213. The Balaban J connectivity index is 1.52. The lowest BCUT2D eigenvalue weighted by Gasteiger charge is -2.38. The number of piperazine rings is 1. The van der Waals surface area contributed by atoms with E-state index >= 15 is 0 Å². The first kappa shape index (κ1) is 19.4. The Labute approximate surface area is 180 Å². The largest absolute Gasteiger partial charge is 0.368 e. The molecule has 1 saturated heterocycles. The van der Waals surface area contributed by atoms with Crippen molar-refractivity contribution >= 4 is 39.1 Å². The normalized spacial score (nSPS) is 19.1. The number of carbonyl (C=O) groups excluding carboxylic acids is 1. The Morgan fingerprint density at radius 3 is 2.71 bits per heavy atom. The second-order valence-electron chi connectivity index (χ2n) is 8.26. The van der Waals surface area contributed by atoms with E-state index in [0.29, 0.717) is 23.2 Å². The number of rotatable bonds is 3. The minimum Gasteiger partial charge on any atom is -0.368 e. The molecule has 2 aromatic carbocycles. The number of anilines is 2. The van der Waals surface area contributed by atoms with Crippen LogP contribution in [0.25, 0.3) is 21.8 Å². The van der Waals surface area contributed by atoms with Gasteiger partial charge >= 0.3 is 0 Å². The summed E-state index contributed by atoms with van der Waals surface area (Å²) in [6.45, 7) is 6.17. The third-order valence-corrected chi connectivity index (χ3v) is 5.84. The van der Waals surface area contributed by atoms with Crippen molar-refractivity contribution in [2.45, 2.75) is 25.9 Å². The average molecular weight is 416 g/mol. The van der Waals surface area contributed by atoms with Crippen LogP contribution in [0.3, 0.4) is 0 Å². The summed E-state index contributed by atoms with van der Waals surface area (Å²) in [6, 6.07) is 12.3. The second-order valence-corrected chi connectivity index (χ2v) is 8.26. The molecule has 2 atom stereocenters. The molecule has 1 amide bonds. The molecule has 1 aliphatic heterocycles. The summed E-state index contributed by atoms with van der Waals surface area (Å²) < 4.78 is 1.79. The number of nitrogens with one attached hydrogen (secondary N) is 2. The van der Waals surface area contributed by atoms with E-state index in [0.717, 1.165) is 40.8 Å². The van der Waals surface area contributed by atoms with Crippen LogP contribution in [0, 0.1) is 0 Å². The molecule has 8 heteroatoms. The molecule has 2 aromatic heterocycles. The van der Waals surface area contributed by atoms with Crippen molar-refractivity contribution in [3.63, 3.8) is 0 Å². The molecule has 0 saturated carbocycles. The van der Waals surface area contributed by atoms with Crippen LogP contribution in [0.4, 0.5) is 11.4 Å². The number of hydrogen-bond acceptors (Lipinski definition) is 6. The van der Waals surface area contributed by atoms with E-state index in [1.165, 1.54) is 0 Å². The van der Waals surface area contributed by atoms with Crippen LogP contribution in [0.2, 0.25) is 0 Å². The number of amides is 1. The highest BCUT2D eigenvalue weighted by Gasteiger charge is 2.24. The fourth-order valence-corrected chi connectivity index (χ4v) is 4.53. The zero-order valence-electron chi connectivity index (χ0n) is 17.8. The summed E-state index contributed by atoms with van der Waals surface area (Å²) in [4.78, 5) is 15.6. The predicted octanol–water partition coefficient (Wildman–Crippen LogP) is 2.96. The number of benzene rings is 2. The molecular formula is C23H25N7O. The van der Waals surface area contributed by atoms with Gasteiger partial charge in [-0.1, -0.05) is 6.07 Å². The number of fused-ring (bicyclic) bond motifs is 2. The molecule has 0 unspecified atom stereocenters. The number of aromatic nitrogens is 4. The van der Waals surface area contributed by atoms with Gasteiger partial charge in [0, 0.05) is 48.7 Å². The van der Waals surface area contributed by atoms with Crippen molar-refractivity contribution in [3.8, 4) is 0 Å². The first-order valence-electron chi connectivity index (χ1n) is 10.5. The smallest absolute Gasteiger partial charge is 0.257 e. The predicted molar refractivity (Wildman–Crippen MR) is 122 cm³/mol. The highest BCUT2D eigenvalue weighted by molar-refractivity contribution is 6.15. The van der Waals surface area contributed by atoms with E-state index in [-0.39, 0.29) is 5.91 Å². The zero-order chi connectivity index (χ0) is 21.5. The van der Waals surface area contributed by atoms with E-state index in [9.17, 15) is 4.79 Å². The Morgan fingerprint density at radius 1 is 1.10 bits per heavy atom. The summed E-state index contributed by atoms with van der Waals surface area (Å²) in [6.07, 6.45) is 3.44. The molecule has 4 aromatic rings. The van der Waals surface area contributed by atoms with Gasteiger partial charge in [0.15, 0.2) is 0 Å². The van der Waals surface area contributed by atoms with Crippen LogP contribution in [0.15, 0.2) is 48.8 Å². The fraction of sp³-hybridized carbons (Fsp3) is 0.304. The topological polar surface area (TPSA) is 88.0 Å². The van der Waals surface area contributed by atoms with E-state index < -0.39 is 0 Å². The van der Waals surface area contributed by atoms with Crippen molar-refractivity contribution < 1.29 is 4.79 Å². The lowest BCUT2D eigenvalue weighted by atomic mass is 10.0. The molecule has 3 heterocycles. The van der Waals surface area contributed by atoms with Crippen molar-refractivity contribution in [1.82, 2.24) is 25.3 Å². The zero-order valence-corrected chi connectivity index (χ0v) is 17.8. The average Bonchev–Trinajstić information content (AvgIpc) is 3.14. The monoisotopic (exact) mass is 415 g/mol. The molecule has 0 radical (unpaired) electrons. The molecule has 8 nitrogen and oxygen atoms in total. The molecular weight excluding hydrogens is 390 g/mol. The summed E-state index contributed by atoms with van der Waals surface area (Å²) in [5.74, 6) is -0.213. The number of aryl methyl sites for hydroxylation is 1. The Bertz CT molecular complexity index is 1270. The van der Waals surface area contributed by atoms with Crippen LogP contribution >= 0.6 is 0 Å². The van der Waals surface area contributed by atoms with Gasteiger partial charge in [0.05, 0.1) is 29.2 Å². The fourth-order valence-electron chi connectivity index (χ4n) is 4.53. The van der Waals surface area contributed by atoms with Crippen LogP contribution in [0.5, 0.6) is 0 Å².